The smallest absolute Gasteiger partial charge is 0.389 e. The minimum absolute atomic E-state index is 0.298. The normalized spacial score (nSPS) is 36.3. The second-order valence-corrected chi connectivity index (χ2v) is 8.50. The van der Waals surface area contributed by atoms with Crippen LogP contribution in [0.4, 0.5) is 5.82 Å². The minimum atomic E-state index is -4.65. The fraction of sp³-hybridized carbons (Fsp3) is 0.643. The third-order valence-corrected chi connectivity index (χ3v) is 6.05. The maximum absolute atomic E-state index is 11.0. The number of hydrogen-bond donors (Lipinski definition) is 5. The van der Waals surface area contributed by atoms with E-state index in [1.807, 2.05) is 0 Å². The van der Waals surface area contributed by atoms with Crippen molar-refractivity contribution in [3.8, 4) is 0 Å². The first kappa shape index (κ1) is 17.8. The van der Waals surface area contributed by atoms with E-state index in [2.05, 4.69) is 24.8 Å². The van der Waals surface area contributed by atoms with E-state index in [4.69, 9.17) is 9.79 Å². The molecule has 0 bridgehead atoms. The Balaban J connectivity index is 1.61. The summed E-state index contributed by atoms with van der Waals surface area (Å²) < 4.78 is 17.3. The molecule has 26 heavy (non-hydrogen) atoms. The number of anilines is 1. The predicted molar refractivity (Wildman–Crippen MR) is 89.1 cm³/mol. The molecule has 12 heteroatoms. The monoisotopic (exact) mass is 385 g/mol. The van der Waals surface area contributed by atoms with Gasteiger partial charge in [0, 0.05) is 18.4 Å². The second kappa shape index (κ2) is 5.44. The molecule has 2 aromatic rings. The lowest BCUT2D eigenvalue weighted by molar-refractivity contribution is -0.0733. The van der Waals surface area contributed by atoms with Gasteiger partial charge in [-0.1, -0.05) is 6.92 Å². The molecule has 2 aromatic heterocycles. The van der Waals surface area contributed by atoms with Gasteiger partial charge in [-0.3, -0.25) is 4.52 Å². The summed E-state index contributed by atoms with van der Waals surface area (Å²) in [7, 11) is -2.93. The molecule has 2 aliphatic carbocycles. The summed E-state index contributed by atoms with van der Waals surface area (Å²) in [6.07, 6.45) is 2.08. The van der Waals surface area contributed by atoms with Gasteiger partial charge in [0.05, 0.1) is 25.1 Å². The van der Waals surface area contributed by atoms with Gasteiger partial charge in [0.25, 0.3) is 0 Å². The summed E-state index contributed by atoms with van der Waals surface area (Å²) in [5.74, 6) is 0.264. The first-order valence-electron chi connectivity index (χ1n) is 8.07. The van der Waals surface area contributed by atoms with Crippen LogP contribution in [0.25, 0.3) is 11.2 Å². The lowest BCUT2D eigenvalue weighted by Gasteiger charge is -2.33. The van der Waals surface area contributed by atoms with Crippen molar-refractivity contribution in [3.05, 3.63) is 12.7 Å². The van der Waals surface area contributed by atoms with Crippen LogP contribution in [-0.2, 0) is 9.09 Å². The molecular weight excluding hydrogens is 365 g/mol. The number of nitrogens with one attached hydrogen (secondary N) is 1. The largest absolute Gasteiger partial charge is 0.469 e. The third kappa shape index (κ3) is 2.39. The molecule has 0 radical (unpaired) electrons. The average Bonchev–Trinajstić information content (AvgIpc) is 2.89. The van der Waals surface area contributed by atoms with Crippen molar-refractivity contribution in [2.24, 2.45) is 11.3 Å². The molecule has 1 unspecified atom stereocenters. The highest BCUT2D eigenvalue weighted by Gasteiger charge is 2.78. The Labute approximate surface area is 148 Å². The Bertz CT molecular complexity index is 916. The fourth-order valence-corrected chi connectivity index (χ4v) is 4.75. The Morgan fingerprint density at radius 3 is 2.73 bits per heavy atom. The molecule has 0 spiro atoms. The molecule has 2 saturated carbocycles. The number of fused-ring (bicyclic) bond motifs is 2. The Morgan fingerprint density at radius 1 is 1.42 bits per heavy atom. The lowest BCUT2D eigenvalue weighted by Crippen LogP contribution is -2.43. The number of aliphatic hydroxyl groups is 2. The van der Waals surface area contributed by atoms with Crippen LogP contribution < -0.4 is 5.32 Å². The van der Waals surface area contributed by atoms with Crippen LogP contribution in [0.15, 0.2) is 12.7 Å². The summed E-state index contributed by atoms with van der Waals surface area (Å²) in [6, 6.07) is -0.426. The summed E-state index contributed by atoms with van der Waals surface area (Å²) in [4.78, 5) is 30.4. The van der Waals surface area contributed by atoms with E-state index in [-0.39, 0.29) is 12.5 Å². The van der Waals surface area contributed by atoms with E-state index < -0.39 is 31.0 Å². The van der Waals surface area contributed by atoms with Crippen LogP contribution in [0.2, 0.25) is 0 Å². The van der Waals surface area contributed by atoms with Crippen molar-refractivity contribution in [2.45, 2.75) is 31.1 Å². The highest BCUT2D eigenvalue weighted by Crippen LogP contribution is 2.69. The quantitative estimate of drug-likeness (QED) is 0.430. The van der Waals surface area contributed by atoms with Crippen molar-refractivity contribution in [2.75, 3.05) is 19.0 Å². The van der Waals surface area contributed by atoms with Gasteiger partial charge in [-0.25, -0.2) is 19.5 Å². The molecular formula is C14H20N5O6P. The van der Waals surface area contributed by atoms with Crippen LogP contribution in [-0.4, -0.2) is 64.9 Å². The molecule has 0 amide bonds. The molecule has 0 aromatic carbocycles. The van der Waals surface area contributed by atoms with Gasteiger partial charge in [0.2, 0.25) is 0 Å². The number of hydrogen-bond acceptors (Lipinski definition) is 8. The van der Waals surface area contributed by atoms with Gasteiger partial charge in [-0.2, -0.15) is 0 Å². The molecule has 142 valence electrons. The van der Waals surface area contributed by atoms with Crippen LogP contribution in [0.5, 0.6) is 0 Å². The summed E-state index contributed by atoms with van der Waals surface area (Å²) in [5.41, 5.74) is -1.28. The standard InChI is InChI=1S/C14H20N5O6P/c1-13(4-25-26(22,23)24)3-7-9(14(7,21)12(13)20)19-6-18-8-10(15-2)16-5-17-11(8)19/h5-7,9,12,20-21H,3-4H2,1-2H3,(H,15,16,17)(H2,22,23,24)/t7-,9?,12+,13+,14-/m0/s1. The van der Waals surface area contributed by atoms with E-state index in [1.165, 1.54) is 6.33 Å². The average molecular weight is 385 g/mol. The van der Waals surface area contributed by atoms with Gasteiger partial charge in [-0.05, 0) is 6.42 Å². The van der Waals surface area contributed by atoms with E-state index in [0.717, 1.165) is 0 Å². The molecule has 0 saturated heterocycles. The van der Waals surface area contributed by atoms with Crippen molar-refractivity contribution in [3.63, 3.8) is 0 Å². The van der Waals surface area contributed by atoms with Gasteiger partial charge in [0.15, 0.2) is 11.5 Å². The second-order valence-electron chi connectivity index (χ2n) is 7.26. The van der Waals surface area contributed by atoms with Gasteiger partial charge < -0.3 is 29.9 Å². The number of nitrogens with zero attached hydrogens (tertiary/aromatic N) is 4. The molecule has 11 nitrogen and oxygen atoms in total. The molecule has 5 atom stereocenters. The topological polar surface area (TPSA) is 163 Å². The number of aromatic nitrogens is 4. The van der Waals surface area contributed by atoms with E-state index in [1.54, 1.807) is 24.9 Å². The van der Waals surface area contributed by atoms with Crippen LogP contribution in [0.1, 0.15) is 19.4 Å². The first-order chi connectivity index (χ1) is 12.1. The number of rotatable bonds is 5. The Morgan fingerprint density at radius 2 is 2.15 bits per heavy atom. The highest BCUT2D eigenvalue weighted by atomic mass is 31.2. The zero-order chi connectivity index (χ0) is 18.9. The van der Waals surface area contributed by atoms with E-state index >= 15 is 0 Å². The maximum atomic E-state index is 11.0. The van der Waals surface area contributed by atoms with Crippen molar-refractivity contribution >= 4 is 24.8 Å². The lowest BCUT2D eigenvalue weighted by atomic mass is 9.82. The number of aliphatic hydroxyl groups excluding tert-OH is 1. The summed E-state index contributed by atoms with van der Waals surface area (Å²) >= 11 is 0. The Kier molecular flexibility index (Phi) is 3.72. The van der Waals surface area contributed by atoms with Crippen molar-refractivity contribution in [1.82, 2.24) is 19.5 Å². The minimum Gasteiger partial charge on any atom is -0.389 e. The van der Waals surface area contributed by atoms with Crippen molar-refractivity contribution in [1.29, 1.82) is 0 Å². The summed E-state index contributed by atoms with van der Waals surface area (Å²) in [5, 5.41) is 24.6. The molecule has 2 fully saturated rings. The van der Waals surface area contributed by atoms with Gasteiger partial charge in [0.1, 0.15) is 17.4 Å². The molecule has 0 aliphatic heterocycles. The highest BCUT2D eigenvalue weighted by molar-refractivity contribution is 7.46. The Hall–Kier alpha value is -1.62. The maximum Gasteiger partial charge on any atom is 0.469 e. The van der Waals surface area contributed by atoms with Crippen molar-refractivity contribution < 1.29 is 29.1 Å². The van der Waals surface area contributed by atoms with Crippen LogP contribution >= 0.6 is 7.82 Å². The molecule has 5 N–H and O–H groups in total. The number of phosphoric acid groups is 1. The fourth-order valence-electron chi connectivity index (χ4n) is 4.28. The zero-order valence-corrected chi connectivity index (χ0v) is 15.0. The van der Waals surface area contributed by atoms with Gasteiger partial charge >= 0.3 is 7.82 Å². The molecule has 2 heterocycles. The van der Waals surface area contributed by atoms with Crippen LogP contribution in [0.3, 0.4) is 0 Å². The third-order valence-electron chi connectivity index (χ3n) is 5.58. The van der Waals surface area contributed by atoms with E-state index in [0.29, 0.717) is 23.4 Å². The zero-order valence-electron chi connectivity index (χ0n) is 14.1. The summed E-state index contributed by atoms with van der Waals surface area (Å²) in [6.45, 7) is 1.29. The van der Waals surface area contributed by atoms with E-state index in [9.17, 15) is 14.8 Å². The predicted octanol–water partition coefficient (Wildman–Crippen LogP) is -0.350. The number of phosphoric ester groups is 1. The van der Waals surface area contributed by atoms with Gasteiger partial charge in [-0.15, -0.1) is 0 Å². The first-order valence-corrected chi connectivity index (χ1v) is 9.60. The molecule has 2 aliphatic rings. The molecule has 4 rings (SSSR count). The number of imidazole rings is 1. The van der Waals surface area contributed by atoms with Crippen LogP contribution in [0, 0.1) is 11.3 Å². The SMILES string of the molecule is CNc1ncnc2c1ncn2C1[C@@H]2C[C@](C)(COP(=O)(O)O)[C@@H](O)[C@@]12O.